The number of hydrogen-bond acceptors (Lipinski definition) is 6. The number of aryl methyl sites for hydroxylation is 1. The molecule has 0 radical (unpaired) electrons. The molecule has 4 aromatic rings. The fourth-order valence-electron chi connectivity index (χ4n) is 5.10. The number of piperidine rings is 1. The lowest BCUT2D eigenvalue weighted by molar-refractivity contribution is 0.460. The Morgan fingerprint density at radius 1 is 1.00 bits per heavy atom. The predicted octanol–water partition coefficient (Wildman–Crippen LogP) is 5.10. The number of fused-ring (bicyclic) bond motifs is 1. The third kappa shape index (κ3) is 4.37. The van der Waals surface area contributed by atoms with Gasteiger partial charge >= 0.3 is 0 Å². The van der Waals surface area contributed by atoms with E-state index >= 15 is 0 Å². The van der Waals surface area contributed by atoms with Crippen molar-refractivity contribution in [2.24, 2.45) is 0 Å². The van der Waals surface area contributed by atoms with Crippen LogP contribution in [0.5, 0.6) is 0 Å². The molecule has 1 saturated carbocycles. The Hall–Kier alpha value is -3.65. The molecule has 0 spiro atoms. The second-order valence-electron chi connectivity index (χ2n) is 9.72. The molecule has 3 aromatic heterocycles. The van der Waals surface area contributed by atoms with Crippen LogP contribution >= 0.6 is 0 Å². The number of nitrogens with one attached hydrogen (secondary N) is 2. The van der Waals surface area contributed by atoms with Gasteiger partial charge in [0, 0.05) is 30.0 Å². The first-order valence-electron chi connectivity index (χ1n) is 12.7. The fourth-order valence-corrected chi connectivity index (χ4v) is 5.10. The second-order valence-corrected chi connectivity index (χ2v) is 9.72. The van der Waals surface area contributed by atoms with E-state index in [9.17, 15) is 9.18 Å². The monoisotopic (exact) mass is 484 g/mol. The lowest BCUT2D eigenvalue weighted by Gasteiger charge is -2.23. The first-order chi connectivity index (χ1) is 17.6. The third-order valence-corrected chi connectivity index (χ3v) is 7.29. The van der Waals surface area contributed by atoms with Gasteiger partial charge in [0.1, 0.15) is 17.2 Å². The summed E-state index contributed by atoms with van der Waals surface area (Å²) in [6.45, 7) is 4.39. The van der Waals surface area contributed by atoms with Crippen molar-refractivity contribution >= 4 is 22.7 Å². The Morgan fingerprint density at radius 3 is 2.44 bits per heavy atom. The topological polar surface area (TPSA) is 84.7 Å². The van der Waals surface area contributed by atoms with Crippen LogP contribution in [-0.2, 0) is 6.54 Å². The minimum Gasteiger partial charge on any atom is -0.324 e. The van der Waals surface area contributed by atoms with Crippen LogP contribution in [0.4, 0.5) is 16.0 Å². The zero-order chi connectivity index (χ0) is 24.6. The highest BCUT2D eigenvalue weighted by atomic mass is 19.1. The number of rotatable bonds is 6. The summed E-state index contributed by atoms with van der Waals surface area (Å²) in [5.74, 6) is 0.926. The van der Waals surface area contributed by atoms with E-state index in [1.165, 1.54) is 11.6 Å². The lowest BCUT2D eigenvalue weighted by atomic mass is 9.90. The quantitative estimate of drug-likeness (QED) is 0.396. The van der Waals surface area contributed by atoms with Crippen molar-refractivity contribution in [3.8, 4) is 11.3 Å². The summed E-state index contributed by atoms with van der Waals surface area (Å²) in [4.78, 5) is 26.7. The van der Waals surface area contributed by atoms with Gasteiger partial charge in [-0.2, -0.15) is 4.98 Å². The van der Waals surface area contributed by atoms with Gasteiger partial charge in [0.25, 0.3) is 5.56 Å². The highest BCUT2D eigenvalue weighted by Crippen LogP contribution is 2.40. The molecular weight excluding hydrogens is 455 g/mol. The van der Waals surface area contributed by atoms with Gasteiger partial charge in [-0.1, -0.05) is 12.1 Å². The summed E-state index contributed by atoms with van der Waals surface area (Å²) in [5.41, 5.74) is 3.62. The Bertz CT molecular complexity index is 1470. The molecule has 8 heteroatoms. The Balaban J connectivity index is 1.30. The number of aromatic nitrogens is 4. The van der Waals surface area contributed by atoms with Crippen molar-refractivity contribution in [2.75, 3.05) is 18.4 Å². The number of hydrogen-bond donors (Lipinski definition) is 2. The molecule has 0 bridgehead atoms. The average Bonchev–Trinajstić information content (AvgIpc) is 3.75. The van der Waals surface area contributed by atoms with E-state index in [-0.39, 0.29) is 16.8 Å². The fraction of sp³-hybridized carbons (Fsp3) is 0.357. The molecule has 2 fully saturated rings. The molecule has 0 amide bonds. The molecule has 184 valence electrons. The van der Waals surface area contributed by atoms with Crippen LogP contribution in [0, 0.1) is 5.82 Å². The van der Waals surface area contributed by atoms with Gasteiger partial charge in [0.15, 0.2) is 0 Å². The van der Waals surface area contributed by atoms with Crippen LogP contribution in [0.15, 0.2) is 53.6 Å². The van der Waals surface area contributed by atoms with Crippen molar-refractivity contribution in [3.63, 3.8) is 0 Å². The highest BCUT2D eigenvalue weighted by molar-refractivity contribution is 5.81. The summed E-state index contributed by atoms with van der Waals surface area (Å²) >= 11 is 0. The maximum absolute atomic E-state index is 14.9. The SMILES string of the molecule is CCn1c(=O)c(-c2ncc(C3CC3)cc2F)cc2cnc(Nc3ccc(C4CCNCC4)cc3)nc21. The molecule has 1 aliphatic heterocycles. The molecule has 6 rings (SSSR count). The lowest BCUT2D eigenvalue weighted by Crippen LogP contribution is -2.26. The van der Waals surface area contributed by atoms with Gasteiger partial charge in [-0.3, -0.25) is 14.3 Å². The number of halogens is 1. The van der Waals surface area contributed by atoms with Crippen LogP contribution in [0.25, 0.3) is 22.3 Å². The second kappa shape index (κ2) is 9.43. The number of nitrogens with zero attached hydrogens (tertiary/aromatic N) is 4. The first-order valence-corrected chi connectivity index (χ1v) is 12.7. The maximum atomic E-state index is 14.9. The van der Waals surface area contributed by atoms with Crippen molar-refractivity contribution in [1.29, 1.82) is 0 Å². The standard InChI is InChI=1S/C28H29FN6O/c1-2-35-26-21(13-23(27(35)36)25-24(29)14-20(15-31-25)18-3-4-18)16-32-28(34-26)33-22-7-5-17(6-8-22)19-9-11-30-12-10-19/h5-8,13-16,18-19,30H,2-4,9-12H2,1H3,(H,32,33,34). The van der Waals surface area contributed by atoms with Gasteiger partial charge in [-0.15, -0.1) is 0 Å². The predicted molar refractivity (Wildman–Crippen MR) is 139 cm³/mol. The van der Waals surface area contributed by atoms with Crippen LogP contribution < -0.4 is 16.2 Å². The maximum Gasteiger partial charge on any atom is 0.261 e. The normalized spacial score (nSPS) is 16.4. The van der Waals surface area contributed by atoms with E-state index < -0.39 is 5.82 Å². The van der Waals surface area contributed by atoms with E-state index in [0.717, 1.165) is 50.0 Å². The van der Waals surface area contributed by atoms with E-state index in [0.29, 0.717) is 35.4 Å². The van der Waals surface area contributed by atoms with E-state index in [4.69, 9.17) is 0 Å². The van der Waals surface area contributed by atoms with Crippen LogP contribution in [0.1, 0.15) is 55.6 Å². The molecule has 7 nitrogen and oxygen atoms in total. The van der Waals surface area contributed by atoms with Gasteiger partial charge in [-0.05, 0) is 92.9 Å². The van der Waals surface area contributed by atoms with Crippen LogP contribution in [0.3, 0.4) is 0 Å². The van der Waals surface area contributed by atoms with E-state index in [2.05, 4.69) is 37.7 Å². The Labute approximate surface area is 208 Å². The third-order valence-electron chi connectivity index (χ3n) is 7.29. The molecular formula is C28H29FN6O. The van der Waals surface area contributed by atoms with Gasteiger partial charge in [0.2, 0.25) is 5.95 Å². The molecule has 1 saturated heterocycles. The van der Waals surface area contributed by atoms with Crippen molar-refractivity contribution in [3.05, 3.63) is 76.1 Å². The van der Waals surface area contributed by atoms with Gasteiger partial charge in [-0.25, -0.2) is 9.37 Å². The zero-order valence-corrected chi connectivity index (χ0v) is 20.3. The molecule has 1 aliphatic carbocycles. The summed E-state index contributed by atoms with van der Waals surface area (Å²) in [6.07, 6.45) is 7.79. The van der Waals surface area contributed by atoms with Crippen molar-refractivity contribution < 1.29 is 4.39 Å². The molecule has 2 aliphatic rings. The average molecular weight is 485 g/mol. The zero-order valence-electron chi connectivity index (χ0n) is 20.3. The van der Waals surface area contributed by atoms with Gasteiger partial charge in [0.05, 0.1) is 5.56 Å². The molecule has 1 aromatic carbocycles. The molecule has 2 N–H and O–H groups in total. The number of anilines is 2. The molecule has 0 atom stereocenters. The van der Waals surface area contributed by atoms with Gasteiger partial charge < -0.3 is 10.6 Å². The summed E-state index contributed by atoms with van der Waals surface area (Å²) in [7, 11) is 0. The number of benzene rings is 1. The summed E-state index contributed by atoms with van der Waals surface area (Å²) in [6, 6.07) is 11.6. The minimum atomic E-state index is -0.467. The summed E-state index contributed by atoms with van der Waals surface area (Å²) in [5, 5.41) is 7.32. The minimum absolute atomic E-state index is 0.0736. The van der Waals surface area contributed by atoms with Crippen molar-refractivity contribution in [2.45, 2.75) is 51.0 Å². The first kappa shape index (κ1) is 22.8. The molecule has 4 heterocycles. The summed E-state index contributed by atoms with van der Waals surface area (Å²) < 4.78 is 16.5. The smallest absolute Gasteiger partial charge is 0.261 e. The number of pyridine rings is 2. The molecule has 36 heavy (non-hydrogen) atoms. The van der Waals surface area contributed by atoms with Crippen LogP contribution in [0.2, 0.25) is 0 Å². The Kier molecular flexibility index (Phi) is 5.97. The van der Waals surface area contributed by atoms with E-state index in [1.54, 1.807) is 23.0 Å². The largest absolute Gasteiger partial charge is 0.324 e. The van der Waals surface area contributed by atoms with Crippen LogP contribution in [-0.4, -0.2) is 32.6 Å². The molecule has 0 unspecified atom stereocenters. The highest BCUT2D eigenvalue weighted by Gasteiger charge is 2.26. The van der Waals surface area contributed by atoms with Crippen molar-refractivity contribution in [1.82, 2.24) is 24.8 Å². The van der Waals surface area contributed by atoms with E-state index in [1.807, 2.05) is 19.1 Å². The Morgan fingerprint density at radius 2 is 1.75 bits per heavy atom.